The van der Waals surface area contributed by atoms with Crippen LogP contribution in [0.4, 0.5) is 17.6 Å². The lowest BCUT2D eigenvalue weighted by Crippen LogP contribution is -2.29. The third-order valence-electron chi connectivity index (χ3n) is 2.30. The van der Waals surface area contributed by atoms with Gasteiger partial charge in [-0.3, -0.25) is 0 Å². The van der Waals surface area contributed by atoms with E-state index in [-0.39, 0.29) is 17.0 Å². The lowest BCUT2D eigenvalue weighted by atomic mass is 10.2. The number of benzene rings is 1. The van der Waals surface area contributed by atoms with E-state index in [1.54, 1.807) is 0 Å². The zero-order valence-electron chi connectivity index (χ0n) is 10.7. The van der Waals surface area contributed by atoms with Crippen molar-refractivity contribution in [3.05, 3.63) is 29.6 Å². The van der Waals surface area contributed by atoms with Crippen LogP contribution in [-0.2, 0) is 21.4 Å². The van der Waals surface area contributed by atoms with Gasteiger partial charge >= 0.3 is 6.18 Å². The van der Waals surface area contributed by atoms with E-state index in [0.29, 0.717) is 0 Å². The molecule has 0 unspecified atom stereocenters. The fourth-order valence-corrected chi connectivity index (χ4v) is 2.42. The Kier molecular flexibility index (Phi) is 6.08. The van der Waals surface area contributed by atoms with Crippen LogP contribution in [0, 0.1) is 5.82 Å². The summed E-state index contributed by atoms with van der Waals surface area (Å²) in [6.07, 6.45) is -4.48. The van der Waals surface area contributed by atoms with E-state index < -0.39 is 41.8 Å². The summed E-state index contributed by atoms with van der Waals surface area (Å²) in [5, 5.41) is 8.85. The first-order valence-electron chi connectivity index (χ1n) is 5.69. The molecule has 0 saturated carbocycles. The van der Waals surface area contributed by atoms with Gasteiger partial charge in [-0.2, -0.15) is 13.2 Å². The van der Waals surface area contributed by atoms with Crippen LogP contribution in [-0.4, -0.2) is 39.5 Å². The lowest BCUT2D eigenvalue weighted by molar-refractivity contribution is -0.173. The SMILES string of the molecule is O=S(=O)(NCCOCC(F)(F)F)c1ccc(F)c(CO)c1. The topological polar surface area (TPSA) is 75.6 Å². The number of rotatable bonds is 7. The van der Waals surface area contributed by atoms with E-state index in [2.05, 4.69) is 4.74 Å². The number of ether oxygens (including phenoxy) is 1. The van der Waals surface area contributed by atoms with Gasteiger partial charge in [0.15, 0.2) is 0 Å². The number of alkyl halides is 3. The molecule has 120 valence electrons. The Hall–Kier alpha value is -1.23. The van der Waals surface area contributed by atoms with Crippen LogP contribution >= 0.6 is 0 Å². The van der Waals surface area contributed by atoms with Crippen molar-refractivity contribution < 1.29 is 35.8 Å². The maximum atomic E-state index is 13.1. The molecule has 0 bridgehead atoms. The van der Waals surface area contributed by atoms with E-state index in [0.717, 1.165) is 18.2 Å². The van der Waals surface area contributed by atoms with Gasteiger partial charge in [0, 0.05) is 12.1 Å². The van der Waals surface area contributed by atoms with Crippen molar-refractivity contribution in [3.8, 4) is 0 Å². The molecule has 1 aromatic rings. The van der Waals surface area contributed by atoms with Crippen LogP contribution in [0.2, 0.25) is 0 Å². The molecule has 0 spiro atoms. The van der Waals surface area contributed by atoms with Gasteiger partial charge in [0.05, 0.1) is 18.1 Å². The van der Waals surface area contributed by atoms with Crippen molar-refractivity contribution in [2.75, 3.05) is 19.8 Å². The molecule has 0 aliphatic carbocycles. The number of hydrogen-bond acceptors (Lipinski definition) is 4. The van der Waals surface area contributed by atoms with Crippen LogP contribution in [0.15, 0.2) is 23.1 Å². The quantitative estimate of drug-likeness (QED) is 0.581. The minimum Gasteiger partial charge on any atom is -0.392 e. The first kappa shape index (κ1) is 17.8. The molecule has 0 heterocycles. The predicted molar refractivity (Wildman–Crippen MR) is 64.4 cm³/mol. The van der Waals surface area contributed by atoms with Crippen LogP contribution < -0.4 is 4.72 Å². The van der Waals surface area contributed by atoms with E-state index in [1.807, 2.05) is 4.72 Å². The maximum absolute atomic E-state index is 13.1. The number of aliphatic hydroxyl groups is 1. The van der Waals surface area contributed by atoms with Crippen LogP contribution in [0.5, 0.6) is 0 Å². The van der Waals surface area contributed by atoms with E-state index in [1.165, 1.54) is 0 Å². The van der Waals surface area contributed by atoms with Gasteiger partial charge < -0.3 is 9.84 Å². The molecular formula is C11H13F4NO4S. The maximum Gasteiger partial charge on any atom is 0.411 e. The fraction of sp³-hybridized carbons (Fsp3) is 0.455. The Labute approximate surface area is 118 Å². The highest BCUT2D eigenvalue weighted by Gasteiger charge is 2.27. The van der Waals surface area contributed by atoms with Crippen LogP contribution in [0.3, 0.4) is 0 Å². The minimum absolute atomic E-state index is 0.203. The molecule has 0 aromatic heterocycles. The standard InChI is InChI=1S/C11H13F4NO4S/c12-10-2-1-9(5-8(10)6-17)21(18,19)16-3-4-20-7-11(13,14)15/h1-2,5,16-17H,3-4,6-7H2. The van der Waals surface area contributed by atoms with E-state index >= 15 is 0 Å². The monoisotopic (exact) mass is 331 g/mol. The zero-order valence-corrected chi connectivity index (χ0v) is 11.5. The van der Waals surface area contributed by atoms with Crippen molar-refractivity contribution in [3.63, 3.8) is 0 Å². The van der Waals surface area contributed by atoms with Crippen molar-refractivity contribution >= 4 is 10.0 Å². The second kappa shape index (κ2) is 7.16. The minimum atomic E-state index is -4.48. The molecule has 1 aromatic carbocycles. The third kappa shape index (κ3) is 5.96. The number of sulfonamides is 1. The van der Waals surface area contributed by atoms with Gasteiger partial charge in [-0.05, 0) is 18.2 Å². The zero-order chi connectivity index (χ0) is 16.1. The molecule has 0 aliphatic rings. The lowest BCUT2D eigenvalue weighted by Gasteiger charge is -2.10. The third-order valence-corrected chi connectivity index (χ3v) is 3.76. The van der Waals surface area contributed by atoms with E-state index in [4.69, 9.17) is 5.11 Å². The Morgan fingerprint density at radius 2 is 1.95 bits per heavy atom. The van der Waals surface area contributed by atoms with Crippen molar-refractivity contribution in [2.45, 2.75) is 17.7 Å². The molecule has 21 heavy (non-hydrogen) atoms. The fourth-order valence-electron chi connectivity index (χ4n) is 1.36. The van der Waals surface area contributed by atoms with Gasteiger partial charge in [0.1, 0.15) is 12.4 Å². The first-order valence-corrected chi connectivity index (χ1v) is 7.17. The van der Waals surface area contributed by atoms with Gasteiger partial charge in [0.2, 0.25) is 10.0 Å². The highest BCUT2D eigenvalue weighted by molar-refractivity contribution is 7.89. The normalized spacial score (nSPS) is 12.6. The highest BCUT2D eigenvalue weighted by Crippen LogP contribution is 2.15. The Bertz CT molecular complexity index is 574. The molecule has 5 nitrogen and oxygen atoms in total. The largest absolute Gasteiger partial charge is 0.411 e. The van der Waals surface area contributed by atoms with Gasteiger partial charge in [0.25, 0.3) is 0 Å². The van der Waals surface area contributed by atoms with E-state index in [9.17, 15) is 26.0 Å². The van der Waals surface area contributed by atoms with Gasteiger partial charge in [-0.25, -0.2) is 17.5 Å². The summed E-state index contributed by atoms with van der Waals surface area (Å²) in [6.45, 7) is -2.99. The summed E-state index contributed by atoms with van der Waals surface area (Å²) in [4.78, 5) is -0.302. The average molecular weight is 331 g/mol. The van der Waals surface area contributed by atoms with Gasteiger partial charge in [-0.15, -0.1) is 0 Å². The molecule has 2 N–H and O–H groups in total. The summed E-state index contributed by atoms with van der Waals surface area (Å²) in [5.74, 6) is -0.759. The summed E-state index contributed by atoms with van der Waals surface area (Å²) in [6, 6.07) is 2.79. The number of halogens is 4. The van der Waals surface area contributed by atoms with Crippen molar-refractivity contribution in [2.24, 2.45) is 0 Å². The molecular weight excluding hydrogens is 318 g/mol. The second-order valence-electron chi connectivity index (χ2n) is 3.98. The van der Waals surface area contributed by atoms with Crippen molar-refractivity contribution in [1.29, 1.82) is 0 Å². The molecule has 0 fully saturated rings. The summed E-state index contributed by atoms with van der Waals surface area (Å²) in [7, 11) is -4.01. The summed E-state index contributed by atoms with van der Waals surface area (Å²) in [5.41, 5.74) is -0.203. The molecule has 10 heteroatoms. The number of hydrogen-bond donors (Lipinski definition) is 2. The molecule has 0 saturated heterocycles. The van der Waals surface area contributed by atoms with Crippen LogP contribution in [0.25, 0.3) is 0 Å². The molecule has 0 aliphatic heterocycles. The highest BCUT2D eigenvalue weighted by atomic mass is 32.2. The predicted octanol–water partition coefficient (Wildman–Crippen LogP) is 1.18. The average Bonchev–Trinajstić information content (AvgIpc) is 2.37. The molecule has 1 rings (SSSR count). The molecule has 0 radical (unpaired) electrons. The number of nitrogens with one attached hydrogen (secondary N) is 1. The Morgan fingerprint density at radius 1 is 1.29 bits per heavy atom. The van der Waals surface area contributed by atoms with Gasteiger partial charge in [-0.1, -0.05) is 0 Å². The first-order chi connectivity index (χ1) is 9.65. The molecule has 0 amide bonds. The van der Waals surface area contributed by atoms with Crippen LogP contribution in [0.1, 0.15) is 5.56 Å². The Balaban J connectivity index is 2.58. The second-order valence-corrected chi connectivity index (χ2v) is 5.74. The summed E-state index contributed by atoms with van der Waals surface area (Å²) < 4.78 is 78.3. The smallest absolute Gasteiger partial charge is 0.392 e. The number of aliphatic hydroxyl groups excluding tert-OH is 1. The Morgan fingerprint density at radius 3 is 2.52 bits per heavy atom. The van der Waals surface area contributed by atoms with Crippen molar-refractivity contribution in [1.82, 2.24) is 4.72 Å². The summed E-state index contributed by atoms with van der Waals surface area (Å²) >= 11 is 0. The molecule has 0 atom stereocenters.